The summed E-state index contributed by atoms with van der Waals surface area (Å²) in [5.41, 5.74) is 0. The number of hydrogen-bond acceptors (Lipinski definition) is 1. The number of thioether (sulfide) groups is 1. The van der Waals surface area contributed by atoms with Crippen LogP contribution in [0.25, 0.3) is 0 Å². The van der Waals surface area contributed by atoms with Gasteiger partial charge in [-0.05, 0) is 35.8 Å². The van der Waals surface area contributed by atoms with Crippen LogP contribution in [0.15, 0.2) is 46.7 Å². The van der Waals surface area contributed by atoms with Crippen molar-refractivity contribution in [3.8, 4) is 0 Å². The van der Waals surface area contributed by atoms with Gasteiger partial charge in [-0.15, -0.1) is 0 Å². The second kappa shape index (κ2) is 7.97. The third-order valence-electron chi connectivity index (χ3n) is 2.57. The van der Waals surface area contributed by atoms with Crippen molar-refractivity contribution in [2.45, 2.75) is 25.2 Å². The number of halogens is 1. The maximum atomic E-state index is 3.51. The van der Waals surface area contributed by atoms with E-state index in [0.717, 1.165) is 5.33 Å². The zero-order valence-corrected chi connectivity index (χ0v) is 12.3. The predicted octanol–water partition coefficient (Wildman–Crippen LogP) is 5.35. The lowest BCUT2D eigenvalue weighted by Crippen LogP contribution is -2.05. The van der Waals surface area contributed by atoms with Crippen molar-refractivity contribution in [3.05, 3.63) is 41.8 Å². The third-order valence-corrected chi connectivity index (χ3v) is 3.87. The smallest absolute Gasteiger partial charge is 0.0116 e. The zero-order valence-electron chi connectivity index (χ0n) is 9.90. The van der Waals surface area contributed by atoms with Crippen molar-refractivity contribution in [1.82, 2.24) is 0 Å². The number of alkyl halides is 1. The summed E-state index contributed by atoms with van der Waals surface area (Å²) in [5.74, 6) is 1.39. The lowest BCUT2D eigenvalue weighted by atomic mass is 9.94. The fourth-order valence-electron chi connectivity index (χ4n) is 1.50. The Hall–Kier alpha value is -0.210. The van der Waals surface area contributed by atoms with Gasteiger partial charge < -0.3 is 0 Å². The molecule has 0 aromatic heterocycles. The van der Waals surface area contributed by atoms with Gasteiger partial charge in [0.25, 0.3) is 0 Å². The second-order valence-electron chi connectivity index (χ2n) is 4.14. The van der Waals surface area contributed by atoms with Gasteiger partial charge in [0.2, 0.25) is 0 Å². The van der Waals surface area contributed by atoms with Crippen LogP contribution in [0.3, 0.4) is 0 Å². The van der Waals surface area contributed by atoms with Crippen molar-refractivity contribution in [3.63, 3.8) is 0 Å². The molecule has 0 unspecified atom stereocenters. The lowest BCUT2D eigenvalue weighted by Gasteiger charge is -2.14. The Kier molecular flexibility index (Phi) is 6.90. The lowest BCUT2D eigenvalue weighted by molar-refractivity contribution is 0.457. The highest BCUT2D eigenvalue weighted by atomic mass is 79.9. The van der Waals surface area contributed by atoms with Crippen molar-refractivity contribution in [1.29, 1.82) is 0 Å². The van der Waals surface area contributed by atoms with Crippen molar-refractivity contribution >= 4 is 27.7 Å². The van der Waals surface area contributed by atoms with Gasteiger partial charge in [0.1, 0.15) is 0 Å². The van der Waals surface area contributed by atoms with E-state index in [1.165, 1.54) is 11.3 Å². The van der Waals surface area contributed by atoms with Gasteiger partial charge in [-0.25, -0.2) is 0 Å². The summed E-state index contributed by atoms with van der Waals surface area (Å²) < 4.78 is 0. The SMILES string of the molecule is CC(C)[C@@H](/C=C/Sc1ccccc1)CCBr. The van der Waals surface area contributed by atoms with E-state index in [1.54, 1.807) is 11.8 Å². The Morgan fingerprint density at radius 2 is 1.94 bits per heavy atom. The number of hydrogen-bond donors (Lipinski definition) is 0. The minimum atomic E-state index is 0.676. The molecule has 1 rings (SSSR count). The standard InChI is InChI=1S/C14H19BrS/c1-12(2)13(8-10-15)9-11-16-14-6-4-3-5-7-14/h3-7,9,11-13H,8,10H2,1-2H3/b11-9+/t13-/m1/s1. The second-order valence-corrected chi connectivity index (χ2v) is 5.92. The first-order valence-corrected chi connectivity index (χ1v) is 7.68. The Morgan fingerprint density at radius 1 is 1.25 bits per heavy atom. The van der Waals surface area contributed by atoms with E-state index in [0.29, 0.717) is 11.8 Å². The normalized spacial score (nSPS) is 13.5. The summed E-state index contributed by atoms with van der Waals surface area (Å²) in [4.78, 5) is 1.31. The maximum absolute atomic E-state index is 3.51. The average molecular weight is 299 g/mol. The average Bonchev–Trinajstić information content (AvgIpc) is 2.29. The van der Waals surface area contributed by atoms with Crippen LogP contribution in [0.5, 0.6) is 0 Å². The molecule has 0 N–H and O–H groups in total. The molecule has 16 heavy (non-hydrogen) atoms. The molecule has 0 spiro atoms. The molecule has 0 bridgehead atoms. The first-order valence-electron chi connectivity index (χ1n) is 5.68. The monoisotopic (exact) mass is 298 g/mol. The highest BCUT2D eigenvalue weighted by molar-refractivity contribution is 9.09. The van der Waals surface area contributed by atoms with E-state index in [4.69, 9.17) is 0 Å². The van der Waals surface area contributed by atoms with Gasteiger partial charge >= 0.3 is 0 Å². The first kappa shape index (κ1) is 13.9. The summed E-state index contributed by atoms with van der Waals surface area (Å²) in [5, 5.41) is 3.30. The van der Waals surface area contributed by atoms with E-state index in [1.807, 2.05) is 0 Å². The summed E-state index contributed by atoms with van der Waals surface area (Å²) in [6, 6.07) is 10.5. The van der Waals surface area contributed by atoms with Crippen LogP contribution in [0.2, 0.25) is 0 Å². The van der Waals surface area contributed by atoms with Gasteiger partial charge in [0.15, 0.2) is 0 Å². The molecule has 0 heterocycles. The zero-order chi connectivity index (χ0) is 11.8. The Balaban J connectivity index is 2.46. The summed E-state index contributed by atoms with van der Waals surface area (Å²) in [6.07, 6.45) is 3.55. The van der Waals surface area contributed by atoms with Crippen LogP contribution in [-0.2, 0) is 0 Å². The maximum Gasteiger partial charge on any atom is 0.0116 e. The minimum Gasteiger partial charge on any atom is -0.0984 e. The van der Waals surface area contributed by atoms with Crippen LogP contribution in [0.1, 0.15) is 20.3 Å². The number of allylic oxidation sites excluding steroid dienone is 1. The molecule has 1 aromatic rings. The third kappa shape index (κ3) is 5.22. The molecule has 2 heteroatoms. The molecule has 0 aliphatic rings. The van der Waals surface area contributed by atoms with Crippen molar-refractivity contribution in [2.75, 3.05) is 5.33 Å². The van der Waals surface area contributed by atoms with Gasteiger partial charge in [-0.2, -0.15) is 0 Å². The van der Waals surface area contributed by atoms with E-state index < -0.39 is 0 Å². The molecule has 0 saturated heterocycles. The summed E-state index contributed by atoms with van der Waals surface area (Å²) >= 11 is 5.31. The molecule has 0 saturated carbocycles. The van der Waals surface area contributed by atoms with E-state index >= 15 is 0 Å². The number of rotatable bonds is 6. The molecule has 1 aromatic carbocycles. The molecule has 0 aliphatic carbocycles. The molecule has 88 valence electrons. The van der Waals surface area contributed by atoms with Crippen LogP contribution in [0.4, 0.5) is 0 Å². The molecule has 0 radical (unpaired) electrons. The molecule has 0 fully saturated rings. The first-order chi connectivity index (χ1) is 7.74. The van der Waals surface area contributed by atoms with E-state index in [9.17, 15) is 0 Å². The Labute approximate surface area is 112 Å². The van der Waals surface area contributed by atoms with E-state index in [2.05, 4.69) is 71.6 Å². The molecule has 1 atom stereocenters. The van der Waals surface area contributed by atoms with Crippen LogP contribution in [0, 0.1) is 11.8 Å². The van der Waals surface area contributed by atoms with Crippen molar-refractivity contribution < 1.29 is 0 Å². The van der Waals surface area contributed by atoms with Gasteiger partial charge in [0.05, 0.1) is 0 Å². The Bertz CT molecular complexity index is 306. The highest BCUT2D eigenvalue weighted by Gasteiger charge is 2.08. The van der Waals surface area contributed by atoms with Crippen molar-refractivity contribution in [2.24, 2.45) is 11.8 Å². The Morgan fingerprint density at radius 3 is 2.50 bits per heavy atom. The van der Waals surface area contributed by atoms with Gasteiger partial charge in [-0.3, -0.25) is 0 Å². The predicted molar refractivity (Wildman–Crippen MR) is 78.2 cm³/mol. The quantitative estimate of drug-likeness (QED) is 0.504. The molecular formula is C14H19BrS. The van der Waals surface area contributed by atoms with Crippen LogP contribution in [-0.4, -0.2) is 5.33 Å². The topological polar surface area (TPSA) is 0 Å². The molecule has 0 aliphatic heterocycles. The molecular weight excluding hydrogens is 280 g/mol. The van der Waals surface area contributed by atoms with E-state index in [-0.39, 0.29) is 0 Å². The van der Waals surface area contributed by atoms with Gasteiger partial charge in [0, 0.05) is 10.2 Å². The fourth-order valence-corrected chi connectivity index (χ4v) is 2.78. The van der Waals surface area contributed by atoms with Crippen LogP contribution < -0.4 is 0 Å². The largest absolute Gasteiger partial charge is 0.0984 e. The highest BCUT2D eigenvalue weighted by Crippen LogP contribution is 2.23. The summed E-state index contributed by atoms with van der Waals surface area (Å²) in [7, 11) is 0. The van der Waals surface area contributed by atoms with Gasteiger partial charge in [-0.1, -0.05) is 65.8 Å². The molecule has 0 amide bonds. The fraction of sp³-hybridized carbons (Fsp3) is 0.429. The van der Waals surface area contributed by atoms with Crippen LogP contribution >= 0.6 is 27.7 Å². The minimum absolute atomic E-state index is 0.676. The molecule has 0 nitrogen and oxygen atoms in total. The summed E-state index contributed by atoms with van der Waals surface area (Å²) in [6.45, 7) is 4.57. The number of benzene rings is 1.